The van der Waals surface area contributed by atoms with Crippen molar-refractivity contribution in [3.8, 4) is 0 Å². The molecule has 1 aromatic heterocycles. The van der Waals surface area contributed by atoms with Gasteiger partial charge in [0, 0.05) is 18.4 Å². The van der Waals surface area contributed by atoms with Gasteiger partial charge < -0.3 is 11.1 Å². The SMILES string of the molecule is CC(C)c1ncc(NCCCN)c(C2CCCCC2)n1. The van der Waals surface area contributed by atoms with Crippen LogP contribution in [0.5, 0.6) is 0 Å². The van der Waals surface area contributed by atoms with Gasteiger partial charge in [0.05, 0.1) is 17.6 Å². The van der Waals surface area contributed by atoms with Crippen molar-refractivity contribution in [2.24, 2.45) is 5.73 Å². The number of nitrogens with zero attached hydrogens (tertiary/aromatic N) is 2. The Bertz CT molecular complexity index is 411. The number of nitrogens with two attached hydrogens (primary N) is 1. The second kappa shape index (κ2) is 7.58. The van der Waals surface area contributed by atoms with Crippen LogP contribution in [0.25, 0.3) is 0 Å². The fourth-order valence-electron chi connectivity index (χ4n) is 2.84. The molecule has 1 aliphatic carbocycles. The molecule has 1 saturated carbocycles. The first-order valence-corrected chi connectivity index (χ1v) is 8.03. The molecule has 0 radical (unpaired) electrons. The van der Waals surface area contributed by atoms with Gasteiger partial charge in [-0.15, -0.1) is 0 Å². The zero-order chi connectivity index (χ0) is 14.4. The molecule has 2 rings (SSSR count). The van der Waals surface area contributed by atoms with Gasteiger partial charge in [0.1, 0.15) is 5.82 Å². The Kier molecular flexibility index (Phi) is 5.77. The Morgan fingerprint density at radius 3 is 2.70 bits per heavy atom. The molecule has 4 nitrogen and oxygen atoms in total. The van der Waals surface area contributed by atoms with Crippen molar-refractivity contribution in [2.75, 3.05) is 18.4 Å². The molecule has 0 saturated heterocycles. The van der Waals surface area contributed by atoms with Crippen molar-refractivity contribution in [3.05, 3.63) is 17.7 Å². The van der Waals surface area contributed by atoms with E-state index in [4.69, 9.17) is 10.7 Å². The molecule has 0 aliphatic heterocycles. The average molecular weight is 276 g/mol. The van der Waals surface area contributed by atoms with E-state index in [2.05, 4.69) is 24.1 Å². The van der Waals surface area contributed by atoms with Crippen LogP contribution < -0.4 is 11.1 Å². The molecule has 112 valence electrons. The monoisotopic (exact) mass is 276 g/mol. The third-order valence-corrected chi connectivity index (χ3v) is 4.04. The quantitative estimate of drug-likeness (QED) is 0.782. The molecule has 0 spiro atoms. The van der Waals surface area contributed by atoms with E-state index < -0.39 is 0 Å². The van der Waals surface area contributed by atoms with Crippen molar-refractivity contribution in [2.45, 2.75) is 64.2 Å². The van der Waals surface area contributed by atoms with Crippen LogP contribution in [0.3, 0.4) is 0 Å². The molecular formula is C16H28N4. The van der Waals surface area contributed by atoms with Crippen molar-refractivity contribution in [3.63, 3.8) is 0 Å². The summed E-state index contributed by atoms with van der Waals surface area (Å²) in [6.07, 6.45) is 9.51. The summed E-state index contributed by atoms with van der Waals surface area (Å²) >= 11 is 0. The molecule has 20 heavy (non-hydrogen) atoms. The van der Waals surface area contributed by atoms with Gasteiger partial charge in [-0.1, -0.05) is 33.1 Å². The Morgan fingerprint density at radius 2 is 2.05 bits per heavy atom. The van der Waals surface area contributed by atoms with Gasteiger partial charge in [0.15, 0.2) is 0 Å². The van der Waals surface area contributed by atoms with E-state index in [1.54, 1.807) is 0 Å². The lowest BCUT2D eigenvalue weighted by Gasteiger charge is -2.24. The van der Waals surface area contributed by atoms with Crippen LogP contribution in [0, 0.1) is 0 Å². The summed E-state index contributed by atoms with van der Waals surface area (Å²) in [6.45, 7) is 5.93. The van der Waals surface area contributed by atoms with Gasteiger partial charge in [0.25, 0.3) is 0 Å². The van der Waals surface area contributed by atoms with Crippen LogP contribution in [-0.2, 0) is 0 Å². The number of hydrogen-bond donors (Lipinski definition) is 2. The van der Waals surface area contributed by atoms with Crippen LogP contribution in [0.4, 0.5) is 5.69 Å². The topological polar surface area (TPSA) is 63.8 Å². The first-order chi connectivity index (χ1) is 9.72. The maximum atomic E-state index is 5.57. The highest BCUT2D eigenvalue weighted by molar-refractivity contribution is 5.48. The smallest absolute Gasteiger partial charge is 0.131 e. The summed E-state index contributed by atoms with van der Waals surface area (Å²) in [5.74, 6) is 1.95. The Morgan fingerprint density at radius 1 is 1.30 bits per heavy atom. The predicted molar refractivity (Wildman–Crippen MR) is 84.1 cm³/mol. The normalized spacial score (nSPS) is 16.6. The minimum absolute atomic E-state index is 0.385. The standard InChI is InChI=1S/C16H28N4/c1-12(2)16-19-11-14(18-10-6-9-17)15(20-16)13-7-4-3-5-8-13/h11-13,18H,3-10,17H2,1-2H3. The number of anilines is 1. The largest absolute Gasteiger partial charge is 0.382 e. The molecule has 0 amide bonds. The van der Waals surface area contributed by atoms with Crippen molar-refractivity contribution >= 4 is 5.69 Å². The highest BCUT2D eigenvalue weighted by Gasteiger charge is 2.21. The zero-order valence-electron chi connectivity index (χ0n) is 12.9. The van der Waals surface area contributed by atoms with Crippen LogP contribution >= 0.6 is 0 Å². The third kappa shape index (κ3) is 3.92. The predicted octanol–water partition coefficient (Wildman–Crippen LogP) is 3.41. The van der Waals surface area contributed by atoms with Crippen molar-refractivity contribution in [1.82, 2.24) is 9.97 Å². The first kappa shape index (κ1) is 15.2. The van der Waals surface area contributed by atoms with Crippen LogP contribution in [0.2, 0.25) is 0 Å². The maximum absolute atomic E-state index is 5.57. The zero-order valence-corrected chi connectivity index (χ0v) is 12.9. The molecule has 0 aromatic carbocycles. The van der Waals surface area contributed by atoms with Gasteiger partial charge in [-0.2, -0.15) is 0 Å². The van der Waals surface area contributed by atoms with Gasteiger partial charge in [-0.05, 0) is 25.8 Å². The van der Waals surface area contributed by atoms with E-state index in [1.807, 2.05) is 6.20 Å². The van der Waals surface area contributed by atoms with E-state index in [1.165, 1.54) is 37.8 Å². The number of nitrogens with one attached hydrogen (secondary N) is 1. The molecule has 1 fully saturated rings. The second-order valence-corrected chi connectivity index (χ2v) is 6.09. The van der Waals surface area contributed by atoms with Gasteiger partial charge >= 0.3 is 0 Å². The van der Waals surface area contributed by atoms with Gasteiger partial charge in [-0.3, -0.25) is 0 Å². The number of rotatable bonds is 6. The molecule has 0 atom stereocenters. The van der Waals surface area contributed by atoms with Crippen LogP contribution in [0.15, 0.2) is 6.20 Å². The van der Waals surface area contributed by atoms with E-state index in [-0.39, 0.29) is 0 Å². The van der Waals surface area contributed by atoms with Crippen LogP contribution in [-0.4, -0.2) is 23.1 Å². The number of hydrogen-bond acceptors (Lipinski definition) is 4. The molecule has 1 heterocycles. The summed E-state index contributed by atoms with van der Waals surface area (Å²) in [5, 5.41) is 3.47. The van der Waals surface area contributed by atoms with Crippen molar-refractivity contribution in [1.29, 1.82) is 0 Å². The summed E-state index contributed by atoms with van der Waals surface area (Å²) in [5.41, 5.74) is 7.92. The van der Waals surface area contributed by atoms with Crippen LogP contribution in [0.1, 0.15) is 75.7 Å². The molecule has 0 unspecified atom stereocenters. The lowest BCUT2D eigenvalue weighted by Crippen LogP contribution is -2.15. The Balaban J connectivity index is 2.19. The Hall–Kier alpha value is -1.16. The van der Waals surface area contributed by atoms with Gasteiger partial charge in [0.2, 0.25) is 0 Å². The minimum Gasteiger partial charge on any atom is -0.382 e. The minimum atomic E-state index is 0.385. The average Bonchev–Trinajstić information content (AvgIpc) is 2.48. The lowest BCUT2D eigenvalue weighted by atomic mass is 9.86. The van der Waals surface area contributed by atoms with E-state index in [0.717, 1.165) is 31.0 Å². The fourth-order valence-corrected chi connectivity index (χ4v) is 2.84. The van der Waals surface area contributed by atoms with Gasteiger partial charge in [-0.25, -0.2) is 9.97 Å². The Labute approximate surface area is 122 Å². The molecular weight excluding hydrogens is 248 g/mol. The third-order valence-electron chi connectivity index (χ3n) is 4.04. The van der Waals surface area contributed by atoms with E-state index in [0.29, 0.717) is 11.8 Å². The molecule has 1 aliphatic rings. The lowest BCUT2D eigenvalue weighted by molar-refractivity contribution is 0.435. The molecule has 0 bridgehead atoms. The molecule has 4 heteroatoms. The first-order valence-electron chi connectivity index (χ1n) is 8.03. The highest BCUT2D eigenvalue weighted by Crippen LogP contribution is 2.35. The highest BCUT2D eigenvalue weighted by atomic mass is 15.0. The van der Waals surface area contributed by atoms with Crippen molar-refractivity contribution < 1.29 is 0 Å². The number of aromatic nitrogens is 2. The van der Waals surface area contributed by atoms with E-state index in [9.17, 15) is 0 Å². The summed E-state index contributed by atoms with van der Waals surface area (Å²) in [4.78, 5) is 9.38. The molecule has 1 aromatic rings. The summed E-state index contributed by atoms with van der Waals surface area (Å²) in [6, 6.07) is 0. The molecule has 3 N–H and O–H groups in total. The summed E-state index contributed by atoms with van der Waals surface area (Å²) < 4.78 is 0. The summed E-state index contributed by atoms with van der Waals surface area (Å²) in [7, 11) is 0. The maximum Gasteiger partial charge on any atom is 0.131 e. The second-order valence-electron chi connectivity index (χ2n) is 6.09. The van der Waals surface area contributed by atoms with E-state index >= 15 is 0 Å². The fraction of sp³-hybridized carbons (Fsp3) is 0.750.